The number of nitrogens with zero attached hydrogens (tertiary/aromatic N) is 3. The van der Waals surface area contributed by atoms with Crippen LogP contribution in [0.3, 0.4) is 0 Å². The van der Waals surface area contributed by atoms with Gasteiger partial charge in [-0.25, -0.2) is 9.97 Å². The molecule has 0 saturated heterocycles. The molecule has 3 aromatic rings. The Morgan fingerprint density at radius 3 is 2.86 bits per heavy atom. The van der Waals surface area contributed by atoms with Gasteiger partial charge in [0, 0.05) is 24.3 Å². The van der Waals surface area contributed by atoms with Crippen molar-refractivity contribution < 1.29 is 4.79 Å². The van der Waals surface area contributed by atoms with Gasteiger partial charge in [0.25, 0.3) is 5.91 Å². The second-order valence-electron chi connectivity index (χ2n) is 7.47. The van der Waals surface area contributed by atoms with E-state index in [4.69, 9.17) is 11.6 Å². The zero-order chi connectivity index (χ0) is 19.8. The number of carbonyl (C=O) groups excluding carboxylic acids is 1. The van der Waals surface area contributed by atoms with Crippen LogP contribution in [0.2, 0.25) is 5.02 Å². The minimum atomic E-state index is -0.121. The highest BCUT2D eigenvalue weighted by Gasteiger charge is 2.25. The molecule has 1 fully saturated rings. The van der Waals surface area contributed by atoms with E-state index in [1.165, 1.54) is 0 Å². The standard InChI is InChI=1S/C20H21BrClN5O/c1-11(2)8-23-18-19-24-9-16(27(19)10-17(21)26-18)12-3-6-14(15(22)7-12)20(28)25-13-4-5-13/h3,6-7,9-11,13H,4-5,8H2,1-2H3,(H,23,26)(H,25,28). The van der Waals surface area contributed by atoms with Gasteiger partial charge in [0.1, 0.15) is 4.60 Å². The van der Waals surface area contributed by atoms with Gasteiger partial charge >= 0.3 is 0 Å². The van der Waals surface area contributed by atoms with E-state index in [1.54, 1.807) is 12.3 Å². The summed E-state index contributed by atoms with van der Waals surface area (Å²) in [7, 11) is 0. The van der Waals surface area contributed by atoms with Gasteiger partial charge in [-0.2, -0.15) is 0 Å². The number of rotatable bonds is 6. The fourth-order valence-corrected chi connectivity index (χ4v) is 3.59. The van der Waals surface area contributed by atoms with Crippen LogP contribution in [0.5, 0.6) is 0 Å². The Kier molecular flexibility index (Phi) is 5.29. The number of anilines is 1. The SMILES string of the molecule is CC(C)CNc1nc(Br)cn2c(-c3ccc(C(=O)NC4CC4)c(Cl)c3)cnc12. The van der Waals surface area contributed by atoms with Crippen molar-refractivity contribution in [2.75, 3.05) is 11.9 Å². The molecule has 2 N–H and O–H groups in total. The van der Waals surface area contributed by atoms with Gasteiger partial charge in [-0.3, -0.25) is 9.20 Å². The maximum absolute atomic E-state index is 12.3. The predicted octanol–water partition coefficient (Wildman–Crippen LogP) is 4.77. The third-order valence-electron chi connectivity index (χ3n) is 4.56. The zero-order valence-corrected chi connectivity index (χ0v) is 18.0. The third kappa shape index (κ3) is 4.00. The summed E-state index contributed by atoms with van der Waals surface area (Å²) >= 11 is 9.90. The molecular formula is C20H21BrClN5O. The van der Waals surface area contributed by atoms with Crippen molar-refractivity contribution in [2.45, 2.75) is 32.7 Å². The summed E-state index contributed by atoms with van der Waals surface area (Å²) in [5.74, 6) is 1.09. The number of aromatic nitrogens is 3. The molecule has 0 bridgehead atoms. The molecule has 1 amide bonds. The molecule has 2 aromatic heterocycles. The van der Waals surface area contributed by atoms with E-state index in [-0.39, 0.29) is 5.91 Å². The minimum absolute atomic E-state index is 0.121. The van der Waals surface area contributed by atoms with E-state index in [2.05, 4.69) is 50.4 Å². The number of nitrogens with one attached hydrogen (secondary N) is 2. The second-order valence-corrected chi connectivity index (χ2v) is 8.69. The molecule has 6 nitrogen and oxygen atoms in total. The molecule has 28 heavy (non-hydrogen) atoms. The van der Waals surface area contributed by atoms with Crippen LogP contribution in [0.1, 0.15) is 37.0 Å². The van der Waals surface area contributed by atoms with Crippen LogP contribution in [-0.4, -0.2) is 32.9 Å². The summed E-state index contributed by atoms with van der Waals surface area (Å²) in [4.78, 5) is 21.4. The van der Waals surface area contributed by atoms with Crippen molar-refractivity contribution >= 4 is 44.9 Å². The van der Waals surface area contributed by atoms with Crippen LogP contribution in [0, 0.1) is 5.92 Å². The highest BCUT2D eigenvalue weighted by Crippen LogP contribution is 2.29. The maximum atomic E-state index is 12.3. The van der Waals surface area contributed by atoms with E-state index in [0.29, 0.717) is 27.1 Å². The van der Waals surface area contributed by atoms with Crippen molar-refractivity contribution in [1.29, 1.82) is 0 Å². The van der Waals surface area contributed by atoms with E-state index in [0.717, 1.165) is 42.1 Å². The van der Waals surface area contributed by atoms with Gasteiger partial charge in [-0.1, -0.05) is 31.5 Å². The van der Waals surface area contributed by atoms with Gasteiger partial charge in [-0.05, 0) is 46.8 Å². The van der Waals surface area contributed by atoms with Gasteiger partial charge in [-0.15, -0.1) is 0 Å². The molecule has 0 atom stereocenters. The lowest BCUT2D eigenvalue weighted by Crippen LogP contribution is -2.25. The Bertz CT molecular complexity index is 1040. The van der Waals surface area contributed by atoms with Crippen LogP contribution in [0.25, 0.3) is 16.9 Å². The lowest BCUT2D eigenvalue weighted by atomic mass is 10.1. The van der Waals surface area contributed by atoms with Crippen LogP contribution in [0.15, 0.2) is 35.2 Å². The molecule has 1 aromatic carbocycles. The lowest BCUT2D eigenvalue weighted by molar-refractivity contribution is 0.0951. The number of fused-ring (bicyclic) bond motifs is 1. The Hall–Kier alpha value is -2.12. The number of hydrogen-bond donors (Lipinski definition) is 2. The molecule has 0 radical (unpaired) electrons. The van der Waals surface area contributed by atoms with Crippen molar-refractivity contribution in [3.8, 4) is 11.3 Å². The number of halogens is 2. The average molecular weight is 463 g/mol. The average Bonchev–Trinajstić information content (AvgIpc) is 3.35. The quantitative estimate of drug-likeness (QED) is 0.553. The van der Waals surface area contributed by atoms with Crippen LogP contribution in [0.4, 0.5) is 5.82 Å². The Balaban J connectivity index is 1.69. The molecule has 146 valence electrons. The fraction of sp³-hybridized carbons (Fsp3) is 0.350. The first kappa shape index (κ1) is 19.2. The lowest BCUT2D eigenvalue weighted by Gasteiger charge is -2.11. The maximum Gasteiger partial charge on any atom is 0.253 e. The van der Waals surface area contributed by atoms with E-state index in [1.807, 2.05) is 22.7 Å². The minimum Gasteiger partial charge on any atom is -0.367 e. The largest absolute Gasteiger partial charge is 0.367 e. The summed E-state index contributed by atoms with van der Waals surface area (Å²) in [5.41, 5.74) is 2.99. The smallest absolute Gasteiger partial charge is 0.253 e. The third-order valence-corrected chi connectivity index (χ3v) is 5.26. The Morgan fingerprint density at radius 2 is 2.18 bits per heavy atom. The van der Waals surface area contributed by atoms with Gasteiger partial charge in [0.2, 0.25) is 0 Å². The van der Waals surface area contributed by atoms with Gasteiger partial charge < -0.3 is 10.6 Å². The topological polar surface area (TPSA) is 71.3 Å². The predicted molar refractivity (Wildman–Crippen MR) is 115 cm³/mol. The van der Waals surface area contributed by atoms with Crippen molar-refractivity contribution in [2.24, 2.45) is 5.92 Å². The van der Waals surface area contributed by atoms with Crippen LogP contribution < -0.4 is 10.6 Å². The number of amides is 1. The summed E-state index contributed by atoms with van der Waals surface area (Å²) in [6, 6.07) is 5.77. The number of imidazole rings is 1. The molecule has 0 spiro atoms. The molecule has 2 heterocycles. The Morgan fingerprint density at radius 1 is 1.39 bits per heavy atom. The summed E-state index contributed by atoms with van der Waals surface area (Å²) in [6.45, 7) is 5.09. The van der Waals surface area contributed by atoms with Crippen molar-refractivity contribution in [1.82, 2.24) is 19.7 Å². The molecule has 0 aliphatic heterocycles. The summed E-state index contributed by atoms with van der Waals surface area (Å²) < 4.78 is 2.67. The first-order chi connectivity index (χ1) is 13.4. The zero-order valence-electron chi connectivity index (χ0n) is 15.7. The second kappa shape index (κ2) is 7.72. The number of carbonyl (C=O) groups is 1. The molecule has 4 rings (SSSR count). The van der Waals surface area contributed by atoms with E-state index >= 15 is 0 Å². The molecular weight excluding hydrogens is 442 g/mol. The molecule has 8 heteroatoms. The molecule has 1 saturated carbocycles. The summed E-state index contributed by atoms with van der Waals surface area (Å²) in [5, 5.41) is 6.75. The van der Waals surface area contributed by atoms with Crippen molar-refractivity contribution in [3.05, 3.63) is 45.8 Å². The van der Waals surface area contributed by atoms with E-state index in [9.17, 15) is 4.79 Å². The van der Waals surface area contributed by atoms with Gasteiger partial charge in [0.15, 0.2) is 11.5 Å². The first-order valence-electron chi connectivity index (χ1n) is 9.30. The monoisotopic (exact) mass is 461 g/mol. The first-order valence-corrected chi connectivity index (χ1v) is 10.5. The number of hydrogen-bond acceptors (Lipinski definition) is 4. The van der Waals surface area contributed by atoms with Gasteiger partial charge in [0.05, 0.1) is 22.5 Å². The summed E-state index contributed by atoms with van der Waals surface area (Å²) in [6.07, 6.45) is 5.75. The van der Waals surface area contributed by atoms with Crippen LogP contribution >= 0.6 is 27.5 Å². The van der Waals surface area contributed by atoms with Crippen LogP contribution in [-0.2, 0) is 0 Å². The fourth-order valence-electron chi connectivity index (χ4n) is 2.94. The molecule has 0 unspecified atom stereocenters. The molecule has 1 aliphatic carbocycles. The normalized spacial score (nSPS) is 13.9. The molecule has 1 aliphatic rings. The number of benzene rings is 1. The van der Waals surface area contributed by atoms with Crippen molar-refractivity contribution in [3.63, 3.8) is 0 Å². The van der Waals surface area contributed by atoms with E-state index < -0.39 is 0 Å². The highest BCUT2D eigenvalue weighted by atomic mass is 79.9. The highest BCUT2D eigenvalue weighted by molar-refractivity contribution is 9.10. The Labute approximate surface area is 176 Å².